The highest BCUT2D eigenvalue weighted by Crippen LogP contribution is 2.15. The summed E-state index contributed by atoms with van der Waals surface area (Å²) in [4.78, 5) is 12.7. The maximum absolute atomic E-state index is 12.7. The van der Waals surface area contributed by atoms with Gasteiger partial charge in [0.15, 0.2) is 0 Å². The molecule has 0 aliphatic rings. The number of benzene rings is 3. The van der Waals surface area contributed by atoms with E-state index in [0.717, 1.165) is 25.7 Å². The highest BCUT2D eigenvalue weighted by Gasteiger charge is 2.22. The summed E-state index contributed by atoms with van der Waals surface area (Å²) in [6, 6.07) is 33.1. The largest absolute Gasteiger partial charge is 0.353 e. The van der Waals surface area contributed by atoms with Gasteiger partial charge in [-0.05, 0) is 30.4 Å². The third-order valence-corrected chi connectivity index (χ3v) is 9.53. The Balaban J connectivity index is 1.50. The monoisotopic (exact) mass is 429 g/mol. The van der Waals surface area contributed by atoms with E-state index in [1.165, 1.54) is 22.4 Å². The zero-order valence-corrected chi connectivity index (χ0v) is 19.9. The summed E-state index contributed by atoms with van der Waals surface area (Å²) in [6.45, 7) is 4.86. The molecule has 0 aliphatic carbocycles. The fourth-order valence-corrected chi connectivity index (χ4v) is 6.67. The van der Waals surface area contributed by atoms with E-state index in [4.69, 9.17) is 0 Å². The first-order chi connectivity index (χ1) is 15.0. The number of hydrogen-bond donors (Lipinski definition) is 1. The van der Waals surface area contributed by atoms with Gasteiger partial charge in [0, 0.05) is 12.5 Å². The lowest BCUT2D eigenvalue weighted by Gasteiger charge is -2.23. The fraction of sp³-hybridized carbons (Fsp3) is 0.321. The number of carbonyl (C=O) groups excluding carboxylic acids is 1. The molecule has 0 heterocycles. The van der Waals surface area contributed by atoms with Crippen LogP contribution in [0.4, 0.5) is 0 Å². The van der Waals surface area contributed by atoms with Crippen LogP contribution in [0.1, 0.15) is 30.4 Å². The van der Waals surface area contributed by atoms with E-state index >= 15 is 0 Å². The van der Waals surface area contributed by atoms with Crippen LogP contribution in [0, 0.1) is 0 Å². The van der Waals surface area contributed by atoms with E-state index in [2.05, 4.69) is 97.3 Å². The molecule has 1 amide bonds. The van der Waals surface area contributed by atoms with Crippen molar-refractivity contribution in [2.45, 2.75) is 57.3 Å². The van der Waals surface area contributed by atoms with Gasteiger partial charge in [-0.1, -0.05) is 122 Å². The highest BCUT2D eigenvalue weighted by molar-refractivity contribution is 6.89. The minimum absolute atomic E-state index is 0.118. The smallest absolute Gasteiger partial charge is 0.220 e. The second-order valence-electron chi connectivity index (χ2n) is 9.10. The summed E-state index contributed by atoms with van der Waals surface area (Å²) < 4.78 is 0. The minimum atomic E-state index is -1.42. The summed E-state index contributed by atoms with van der Waals surface area (Å²) in [5, 5.41) is 4.82. The van der Waals surface area contributed by atoms with Gasteiger partial charge in [0.05, 0.1) is 8.07 Å². The predicted molar refractivity (Wildman–Crippen MR) is 134 cm³/mol. The minimum Gasteiger partial charge on any atom is -0.353 e. The maximum atomic E-state index is 12.7. The van der Waals surface area contributed by atoms with Crippen LogP contribution >= 0.6 is 0 Å². The zero-order valence-electron chi connectivity index (χ0n) is 18.9. The van der Waals surface area contributed by atoms with E-state index in [1.54, 1.807) is 0 Å². The quantitative estimate of drug-likeness (QED) is 0.305. The van der Waals surface area contributed by atoms with Crippen LogP contribution in [-0.2, 0) is 17.6 Å². The summed E-state index contributed by atoms with van der Waals surface area (Å²) in [6.07, 6.45) is 4.40. The molecular weight excluding hydrogens is 394 g/mol. The Bertz CT molecular complexity index is 868. The van der Waals surface area contributed by atoms with E-state index in [1.807, 2.05) is 12.1 Å². The van der Waals surface area contributed by atoms with Gasteiger partial charge in [-0.3, -0.25) is 4.79 Å². The first kappa shape index (κ1) is 23.0. The van der Waals surface area contributed by atoms with E-state index in [-0.39, 0.29) is 11.9 Å². The number of unbranched alkanes of at least 4 members (excludes halogenated alkanes) is 1. The molecule has 2 nitrogen and oxygen atoms in total. The third kappa shape index (κ3) is 7.84. The van der Waals surface area contributed by atoms with Gasteiger partial charge in [0.2, 0.25) is 5.91 Å². The van der Waals surface area contributed by atoms with Crippen molar-refractivity contribution in [1.82, 2.24) is 5.32 Å². The summed E-state index contributed by atoms with van der Waals surface area (Å²) >= 11 is 0. The summed E-state index contributed by atoms with van der Waals surface area (Å²) in [5.41, 5.74) is 2.53. The molecule has 3 heteroatoms. The van der Waals surface area contributed by atoms with Crippen molar-refractivity contribution in [3.8, 4) is 0 Å². The molecule has 0 aromatic heterocycles. The Morgan fingerprint density at radius 1 is 0.742 bits per heavy atom. The molecule has 31 heavy (non-hydrogen) atoms. The van der Waals surface area contributed by atoms with E-state index < -0.39 is 8.07 Å². The lowest BCUT2D eigenvalue weighted by molar-refractivity contribution is -0.121. The van der Waals surface area contributed by atoms with Gasteiger partial charge in [0.25, 0.3) is 0 Å². The second-order valence-corrected chi connectivity index (χ2v) is 13.9. The van der Waals surface area contributed by atoms with Crippen LogP contribution in [-0.4, -0.2) is 20.0 Å². The van der Waals surface area contributed by atoms with E-state index in [0.29, 0.717) is 6.42 Å². The van der Waals surface area contributed by atoms with Gasteiger partial charge in [-0.15, -0.1) is 0 Å². The molecule has 0 unspecified atom stereocenters. The molecule has 162 valence electrons. The van der Waals surface area contributed by atoms with Crippen molar-refractivity contribution < 1.29 is 4.79 Å². The lowest BCUT2D eigenvalue weighted by Crippen LogP contribution is -2.41. The molecule has 3 rings (SSSR count). The molecule has 3 aromatic carbocycles. The van der Waals surface area contributed by atoms with Crippen molar-refractivity contribution in [2.75, 3.05) is 0 Å². The molecule has 0 bridgehead atoms. The maximum Gasteiger partial charge on any atom is 0.220 e. The standard InChI is InChI=1S/C28H35NOSi/c1-31(2,27-18-10-5-11-19-27)21-13-12-20-28(30)29-26(22-24-14-6-3-7-15-24)23-25-16-8-4-9-17-25/h3-11,14-19,26H,12-13,20-23H2,1-2H3,(H,29,30). The number of rotatable bonds is 11. The number of amides is 1. The molecule has 0 fully saturated rings. The molecule has 1 N–H and O–H groups in total. The van der Waals surface area contributed by atoms with Crippen molar-refractivity contribution in [2.24, 2.45) is 0 Å². The Morgan fingerprint density at radius 3 is 1.74 bits per heavy atom. The van der Waals surface area contributed by atoms with Crippen LogP contribution in [0.15, 0.2) is 91.0 Å². The van der Waals surface area contributed by atoms with Crippen molar-refractivity contribution in [3.05, 3.63) is 102 Å². The van der Waals surface area contributed by atoms with Gasteiger partial charge in [-0.25, -0.2) is 0 Å². The van der Waals surface area contributed by atoms with Crippen molar-refractivity contribution in [1.29, 1.82) is 0 Å². The predicted octanol–water partition coefficient (Wildman–Crippen LogP) is 5.74. The van der Waals surface area contributed by atoms with Crippen molar-refractivity contribution in [3.63, 3.8) is 0 Å². The third-order valence-electron chi connectivity index (χ3n) is 6.03. The number of nitrogens with one attached hydrogen (secondary N) is 1. The van der Waals surface area contributed by atoms with Crippen LogP contribution in [0.25, 0.3) is 0 Å². The van der Waals surface area contributed by atoms with Gasteiger partial charge in [0.1, 0.15) is 0 Å². The summed E-state index contributed by atoms with van der Waals surface area (Å²) in [5.74, 6) is 0.177. The Morgan fingerprint density at radius 2 is 1.23 bits per heavy atom. The molecule has 0 atom stereocenters. The fourth-order valence-electron chi connectivity index (χ4n) is 4.16. The number of carbonyl (C=O) groups is 1. The van der Waals surface area contributed by atoms with Gasteiger partial charge >= 0.3 is 0 Å². The van der Waals surface area contributed by atoms with Crippen LogP contribution in [0.3, 0.4) is 0 Å². The highest BCUT2D eigenvalue weighted by atomic mass is 28.3. The van der Waals surface area contributed by atoms with Crippen LogP contribution in [0.2, 0.25) is 19.1 Å². The Kier molecular flexibility index (Phi) is 8.66. The van der Waals surface area contributed by atoms with Crippen LogP contribution < -0.4 is 10.5 Å². The molecule has 0 aliphatic heterocycles. The molecule has 0 radical (unpaired) electrons. The second kappa shape index (κ2) is 11.7. The van der Waals surface area contributed by atoms with Crippen LogP contribution in [0.5, 0.6) is 0 Å². The topological polar surface area (TPSA) is 29.1 Å². The van der Waals surface area contributed by atoms with Gasteiger partial charge < -0.3 is 5.32 Å². The molecule has 0 saturated heterocycles. The Hall–Kier alpha value is -2.65. The first-order valence-corrected chi connectivity index (χ1v) is 14.7. The summed E-state index contributed by atoms with van der Waals surface area (Å²) in [7, 11) is -1.42. The molecular formula is C28H35NOSi. The lowest BCUT2D eigenvalue weighted by atomic mass is 9.98. The first-order valence-electron chi connectivity index (χ1n) is 11.5. The van der Waals surface area contributed by atoms with E-state index in [9.17, 15) is 4.79 Å². The average molecular weight is 430 g/mol. The average Bonchev–Trinajstić information content (AvgIpc) is 2.79. The Labute approximate surface area is 188 Å². The normalized spacial score (nSPS) is 11.5. The van der Waals surface area contributed by atoms with Gasteiger partial charge in [-0.2, -0.15) is 0 Å². The molecule has 0 saturated carbocycles. The molecule has 0 spiro atoms. The van der Waals surface area contributed by atoms with Crippen molar-refractivity contribution >= 4 is 19.2 Å². The zero-order chi connectivity index (χ0) is 21.9. The number of hydrogen-bond acceptors (Lipinski definition) is 1. The SMILES string of the molecule is C[Si](C)(CCCCC(=O)NC(Cc1ccccc1)Cc1ccccc1)c1ccccc1. The molecule has 3 aromatic rings.